The fourth-order valence-electron chi connectivity index (χ4n) is 3.87. The van der Waals surface area contributed by atoms with Crippen molar-refractivity contribution >= 4 is 11.6 Å². The second-order valence-corrected chi connectivity index (χ2v) is 7.82. The molecule has 4 aromatic rings. The van der Waals surface area contributed by atoms with Gasteiger partial charge in [-0.05, 0) is 47.4 Å². The summed E-state index contributed by atoms with van der Waals surface area (Å²) in [4.78, 5) is 20.2. The van der Waals surface area contributed by atoms with Gasteiger partial charge < -0.3 is 25.1 Å². The van der Waals surface area contributed by atoms with Crippen LogP contribution >= 0.6 is 0 Å². The maximum absolute atomic E-state index is 13.1. The largest absolute Gasteiger partial charge is 0.497 e. The number of aromatic amines is 2. The van der Waals surface area contributed by atoms with Crippen molar-refractivity contribution < 1.29 is 14.3 Å². The Labute approximate surface area is 190 Å². The smallest absolute Gasteiger partial charge is 0.241 e. The minimum atomic E-state index is -0.362. The molecular formula is C24H24N6O3. The number of aromatic nitrogens is 4. The topological polar surface area (TPSA) is 117 Å². The number of fused-ring (bicyclic) bond motifs is 1. The van der Waals surface area contributed by atoms with Crippen LogP contribution in [0.15, 0.2) is 61.3 Å². The van der Waals surface area contributed by atoms with E-state index in [4.69, 9.17) is 9.47 Å². The number of amides is 1. The lowest BCUT2D eigenvalue weighted by atomic mass is 9.95. The Morgan fingerprint density at radius 1 is 1.15 bits per heavy atom. The van der Waals surface area contributed by atoms with Gasteiger partial charge in [0.15, 0.2) is 0 Å². The molecule has 1 aliphatic rings. The third kappa shape index (κ3) is 4.58. The summed E-state index contributed by atoms with van der Waals surface area (Å²) in [7, 11) is 1.64. The Hall–Kier alpha value is -4.11. The van der Waals surface area contributed by atoms with Crippen LogP contribution in [0.1, 0.15) is 16.8 Å². The molecule has 1 aliphatic heterocycles. The molecule has 4 N–H and O–H groups in total. The molecule has 0 aliphatic carbocycles. The third-order valence-corrected chi connectivity index (χ3v) is 5.70. The predicted octanol–water partition coefficient (Wildman–Crippen LogP) is 3.04. The van der Waals surface area contributed by atoms with Crippen LogP contribution in [0.2, 0.25) is 0 Å². The van der Waals surface area contributed by atoms with E-state index in [0.717, 1.165) is 28.1 Å². The van der Waals surface area contributed by atoms with Crippen LogP contribution in [0.5, 0.6) is 11.5 Å². The van der Waals surface area contributed by atoms with Gasteiger partial charge in [0.05, 0.1) is 43.3 Å². The van der Waals surface area contributed by atoms with E-state index in [2.05, 4.69) is 30.8 Å². The van der Waals surface area contributed by atoms with Gasteiger partial charge in [-0.15, -0.1) is 0 Å². The third-order valence-electron chi connectivity index (χ3n) is 5.70. The number of methoxy groups -OCH3 is 1. The van der Waals surface area contributed by atoms with Crippen molar-refractivity contribution in [3.8, 4) is 22.6 Å². The molecule has 0 spiro atoms. The Morgan fingerprint density at radius 3 is 2.88 bits per heavy atom. The normalized spacial score (nSPS) is 15.0. The van der Waals surface area contributed by atoms with Gasteiger partial charge in [-0.2, -0.15) is 5.10 Å². The Morgan fingerprint density at radius 2 is 2.09 bits per heavy atom. The summed E-state index contributed by atoms with van der Waals surface area (Å²) in [5, 5.41) is 13.2. The van der Waals surface area contributed by atoms with Crippen molar-refractivity contribution in [3.63, 3.8) is 0 Å². The number of nitrogens with one attached hydrogen (secondary N) is 4. The molecule has 5 rings (SSSR count). The number of rotatable bonds is 7. The van der Waals surface area contributed by atoms with Gasteiger partial charge >= 0.3 is 0 Å². The second kappa shape index (κ2) is 9.17. The Kier molecular flexibility index (Phi) is 5.77. The molecule has 0 bridgehead atoms. The fourth-order valence-corrected chi connectivity index (χ4v) is 3.87. The summed E-state index contributed by atoms with van der Waals surface area (Å²) in [6.07, 6.45) is 7.43. The van der Waals surface area contributed by atoms with Gasteiger partial charge in [-0.1, -0.05) is 12.1 Å². The van der Waals surface area contributed by atoms with E-state index in [1.54, 1.807) is 25.8 Å². The van der Waals surface area contributed by atoms with Gasteiger partial charge in [0.1, 0.15) is 18.1 Å². The van der Waals surface area contributed by atoms with Gasteiger partial charge in [-0.3, -0.25) is 9.89 Å². The molecule has 1 atom stereocenters. The van der Waals surface area contributed by atoms with Gasteiger partial charge in [0, 0.05) is 18.3 Å². The summed E-state index contributed by atoms with van der Waals surface area (Å²) in [5.41, 5.74) is 5.58. The van der Waals surface area contributed by atoms with Crippen molar-refractivity contribution in [2.24, 2.45) is 0 Å². The summed E-state index contributed by atoms with van der Waals surface area (Å²) in [6, 6.07) is 11.3. The highest BCUT2D eigenvalue weighted by molar-refractivity contribution is 5.97. The number of hydrogen-bond acceptors (Lipinski definition) is 6. The molecule has 9 nitrogen and oxygen atoms in total. The molecule has 9 heteroatoms. The average molecular weight is 444 g/mol. The first-order valence-corrected chi connectivity index (χ1v) is 10.6. The van der Waals surface area contributed by atoms with Crippen LogP contribution in [0.25, 0.3) is 11.1 Å². The zero-order valence-corrected chi connectivity index (χ0v) is 18.1. The van der Waals surface area contributed by atoms with Crippen LogP contribution in [0.4, 0.5) is 5.69 Å². The monoisotopic (exact) mass is 444 g/mol. The summed E-state index contributed by atoms with van der Waals surface area (Å²) in [6.45, 7) is 0.923. The van der Waals surface area contributed by atoms with Crippen LogP contribution in [-0.4, -0.2) is 39.2 Å². The maximum atomic E-state index is 13.1. The molecule has 0 saturated heterocycles. The summed E-state index contributed by atoms with van der Waals surface area (Å²) in [5.74, 6) is 1.24. The lowest BCUT2D eigenvalue weighted by Crippen LogP contribution is -2.44. The van der Waals surface area contributed by atoms with E-state index in [-0.39, 0.29) is 11.9 Å². The van der Waals surface area contributed by atoms with Crippen LogP contribution < -0.4 is 20.1 Å². The number of nitrogens with zero attached hydrogens (tertiary/aromatic N) is 2. The van der Waals surface area contributed by atoms with Gasteiger partial charge in [0.2, 0.25) is 5.91 Å². The van der Waals surface area contributed by atoms with Crippen LogP contribution in [-0.2, 0) is 24.4 Å². The highest BCUT2D eigenvalue weighted by Gasteiger charge is 2.25. The number of benzene rings is 2. The number of ether oxygens (including phenoxy) is 2. The molecule has 2 aromatic carbocycles. The van der Waals surface area contributed by atoms with Gasteiger partial charge in [0.25, 0.3) is 0 Å². The summed E-state index contributed by atoms with van der Waals surface area (Å²) < 4.78 is 11.4. The minimum absolute atomic E-state index is 0.120. The molecule has 2 aromatic heterocycles. The number of imidazole rings is 1. The second-order valence-electron chi connectivity index (χ2n) is 7.82. The van der Waals surface area contributed by atoms with Crippen LogP contribution in [0, 0.1) is 0 Å². The average Bonchev–Trinajstić information content (AvgIpc) is 3.57. The SMILES string of the molecule is COc1ccc2c(c1)C[C@H](C(=O)Nc1ccc(-c3cn[nH]c3)cc1OCc1cnc[nH]1)NC2. The highest BCUT2D eigenvalue weighted by atomic mass is 16.5. The van der Waals surface area contributed by atoms with Crippen molar-refractivity contribution in [2.45, 2.75) is 25.6 Å². The molecule has 0 fully saturated rings. The molecule has 0 saturated carbocycles. The lowest BCUT2D eigenvalue weighted by molar-refractivity contribution is -0.118. The minimum Gasteiger partial charge on any atom is -0.497 e. The Bertz CT molecular complexity index is 1240. The van der Waals surface area contributed by atoms with E-state index >= 15 is 0 Å². The van der Waals surface area contributed by atoms with E-state index in [9.17, 15) is 4.79 Å². The first-order valence-electron chi connectivity index (χ1n) is 10.6. The van der Waals surface area contributed by atoms with Crippen molar-refractivity contribution in [1.29, 1.82) is 0 Å². The number of carbonyl (C=O) groups is 1. The van der Waals surface area contributed by atoms with E-state index < -0.39 is 0 Å². The van der Waals surface area contributed by atoms with Crippen LogP contribution in [0.3, 0.4) is 0 Å². The predicted molar refractivity (Wildman–Crippen MR) is 123 cm³/mol. The number of carbonyl (C=O) groups excluding carboxylic acids is 1. The number of hydrogen-bond donors (Lipinski definition) is 4. The number of anilines is 1. The lowest BCUT2D eigenvalue weighted by Gasteiger charge is -2.26. The van der Waals surface area contributed by atoms with Crippen molar-refractivity contribution in [3.05, 3.63) is 78.1 Å². The first-order chi connectivity index (χ1) is 16.2. The molecule has 168 valence electrons. The van der Waals surface area contributed by atoms with E-state index in [1.165, 1.54) is 5.56 Å². The molecule has 3 heterocycles. The standard InChI is InChI=1S/C24H24N6O3/c1-32-20-4-2-16-9-26-22(7-17(16)6-20)24(31)30-21-5-3-15(18-10-28-29-11-18)8-23(21)33-13-19-12-25-14-27-19/h2-6,8,10-12,14,22,26H,7,9,13H2,1H3,(H,25,27)(H,28,29)(H,30,31)/t22-/m1/s1. The Balaban J connectivity index is 1.35. The van der Waals surface area contributed by atoms with Crippen molar-refractivity contribution in [1.82, 2.24) is 25.5 Å². The zero-order valence-electron chi connectivity index (χ0n) is 18.1. The van der Waals surface area contributed by atoms with Crippen molar-refractivity contribution in [2.75, 3.05) is 12.4 Å². The van der Waals surface area contributed by atoms with E-state index in [0.29, 0.717) is 31.0 Å². The molecule has 0 radical (unpaired) electrons. The maximum Gasteiger partial charge on any atom is 0.241 e. The van der Waals surface area contributed by atoms with E-state index in [1.807, 2.05) is 42.6 Å². The summed E-state index contributed by atoms with van der Waals surface area (Å²) >= 11 is 0. The quantitative estimate of drug-likeness (QED) is 0.348. The fraction of sp³-hybridized carbons (Fsp3) is 0.208. The number of H-pyrrole nitrogens is 2. The molecule has 1 amide bonds. The zero-order chi connectivity index (χ0) is 22.6. The van der Waals surface area contributed by atoms with Gasteiger partial charge in [-0.25, -0.2) is 4.98 Å². The highest BCUT2D eigenvalue weighted by Crippen LogP contribution is 2.32. The molecule has 33 heavy (non-hydrogen) atoms. The molecular weight excluding hydrogens is 420 g/mol. The first kappa shape index (κ1) is 20.8. The molecule has 0 unspecified atom stereocenters.